The van der Waals surface area contributed by atoms with Crippen molar-refractivity contribution >= 4 is 17.3 Å². The molecule has 0 amide bonds. The normalized spacial score (nSPS) is 11.1. The van der Waals surface area contributed by atoms with Crippen molar-refractivity contribution in [2.45, 2.75) is 47.1 Å². The minimum atomic E-state index is 0.667. The van der Waals surface area contributed by atoms with E-state index in [1.54, 1.807) is 0 Å². The van der Waals surface area contributed by atoms with E-state index in [-0.39, 0.29) is 0 Å². The van der Waals surface area contributed by atoms with Crippen LogP contribution in [-0.4, -0.2) is 19.6 Å². The predicted octanol–water partition coefficient (Wildman–Crippen LogP) is 4.71. The minimum Gasteiger partial charge on any atom is -0.370 e. The van der Waals surface area contributed by atoms with Crippen LogP contribution in [0, 0.1) is 5.92 Å². The molecule has 0 heterocycles. The Morgan fingerprint density at radius 1 is 1.25 bits per heavy atom. The highest BCUT2D eigenvalue weighted by molar-refractivity contribution is 6.33. The van der Waals surface area contributed by atoms with E-state index >= 15 is 0 Å². The van der Waals surface area contributed by atoms with Crippen LogP contribution in [0.25, 0.3) is 0 Å². The molecule has 0 aliphatic carbocycles. The standard InChI is InChI=1S/C17H29ClN2/c1-5-7-11-20(6-2)17-15(9-8-10-16(17)18)13-19-12-14(3)4/h8-10,14,19H,5-7,11-13H2,1-4H3. The van der Waals surface area contributed by atoms with Gasteiger partial charge in [-0.2, -0.15) is 0 Å². The zero-order valence-corrected chi connectivity index (χ0v) is 14.1. The summed E-state index contributed by atoms with van der Waals surface area (Å²) in [5.74, 6) is 0.667. The second-order valence-corrected chi connectivity index (χ2v) is 6.11. The summed E-state index contributed by atoms with van der Waals surface area (Å²) in [6, 6.07) is 6.23. The van der Waals surface area contributed by atoms with Crippen molar-refractivity contribution in [1.82, 2.24) is 5.32 Å². The third-order valence-corrected chi connectivity index (χ3v) is 3.72. The largest absolute Gasteiger partial charge is 0.370 e. The van der Waals surface area contributed by atoms with E-state index in [1.807, 2.05) is 12.1 Å². The topological polar surface area (TPSA) is 15.3 Å². The maximum absolute atomic E-state index is 6.45. The number of unbranched alkanes of at least 4 members (excludes halogenated alkanes) is 1. The number of benzene rings is 1. The van der Waals surface area contributed by atoms with Crippen LogP contribution in [0.2, 0.25) is 5.02 Å². The van der Waals surface area contributed by atoms with Crippen molar-refractivity contribution in [1.29, 1.82) is 0 Å². The van der Waals surface area contributed by atoms with E-state index in [1.165, 1.54) is 24.1 Å². The van der Waals surface area contributed by atoms with Gasteiger partial charge in [0.15, 0.2) is 0 Å². The molecule has 0 aliphatic heterocycles. The molecular weight excluding hydrogens is 268 g/mol. The van der Waals surface area contributed by atoms with Gasteiger partial charge in [0, 0.05) is 19.6 Å². The first-order chi connectivity index (χ1) is 9.60. The quantitative estimate of drug-likeness (QED) is 0.710. The highest BCUT2D eigenvalue weighted by Gasteiger charge is 2.13. The van der Waals surface area contributed by atoms with Gasteiger partial charge in [0.25, 0.3) is 0 Å². The Labute approximate surface area is 129 Å². The highest BCUT2D eigenvalue weighted by Crippen LogP contribution is 2.30. The SMILES string of the molecule is CCCCN(CC)c1c(Cl)cccc1CNCC(C)C. The van der Waals surface area contributed by atoms with Crippen LogP contribution in [0.5, 0.6) is 0 Å². The van der Waals surface area contributed by atoms with Crippen molar-refractivity contribution in [3.8, 4) is 0 Å². The fourth-order valence-corrected chi connectivity index (χ4v) is 2.64. The van der Waals surface area contributed by atoms with Gasteiger partial charge < -0.3 is 10.2 Å². The van der Waals surface area contributed by atoms with Crippen molar-refractivity contribution in [2.24, 2.45) is 5.92 Å². The summed E-state index contributed by atoms with van der Waals surface area (Å²) in [6.45, 7) is 12.9. The molecule has 0 aliphatic rings. The molecule has 0 unspecified atom stereocenters. The molecule has 0 saturated carbocycles. The van der Waals surface area contributed by atoms with Crippen LogP contribution in [0.4, 0.5) is 5.69 Å². The first-order valence-corrected chi connectivity index (χ1v) is 8.20. The minimum absolute atomic E-state index is 0.667. The van der Waals surface area contributed by atoms with E-state index in [2.05, 4.69) is 44.0 Å². The van der Waals surface area contributed by atoms with Crippen LogP contribution < -0.4 is 10.2 Å². The second kappa shape index (κ2) is 9.25. The Bertz CT molecular complexity index is 391. The van der Waals surface area contributed by atoms with Gasteiger partial charge in [-0.25, -0.2) is 0 Å². The molecule has 114 valence electrons. The summed E-state index contributed by atoms with van der Waals surface area (Å²) in [5, 5.41) is 4.39. The van der Waals surface area contributed by atoms with Crippen molar-refractivity contribution < 1.29 is 0 Å². The van der Waals surface area contributed by atoms with E-state index in [0.29, 0.717) is 5.92 Å². The summed E-state index contributed by atoms with van der Waals surface area (Å²) in [6.07, 6.45) is 2.42. The number of nitrogens with zero attached hydrogens (tertiary/aromatic N) is 1. The molecule has 1 aromatic rings. The number of halogens is 1. The Kier molecular flexibility index (Phi) is 8.01. The summed E-state index contributed by atoms with van der Waals surface area (Å²) in [4.78, 5) is 2.40. The third-order valence-electron chi connectivity index (χ3n) is 3.42. The number of hydrogen-bond acceptors (Lipinski definition) is 2. The smallest absolute Gasteiger partial charge is 0.0642 e. The van der Waals surface area contributed by atoms with Gasteiger partial charge in [0.05, 0.1) is 10.7 Å². The summed E-state index contributed by atoms with van der Waals surface area (Å²) >= 11 is 6.45. The lowest BCUT2D eigenvalue weighted by Crippen LogP contribution is -2.27. The van der Waals surface area contributed by atoms with Gasteiger partial charge in [-0.15, -0.1) is 0 Å². The fraction of sp³-hybridized carbons (Fsp3) is 0.647. The van der Waals surface area contributed by atoms with Crippen LogP contribution >= 0.6 is 11.6 Å². The predicted molar refractivity (Wildman–Crippen MR) is 90.8 cm³/mol. The molecule has 1 N–H and O–H groups in total. The molecule has 0 radical (unpaired) electrons. The highest BCUT2D eigenvalue weighted by atomic mass is 35.5. The Balaban J connectivity index is 2.85. The lowest BCUT2D eigenvalue weighted by Gasteiger charge is -2.27. The molecule has 0 spiro atoms. The van der Waals surface area contributed by atoms with Crippen molar-refractivity contribution in [3.63, 3.8) is 0 Å². The van der Waals surface area contributed by atoms with Crippen LogP contribution in [-0.2, 0) is 6.54 Å². The van der Waals surface area contributed by atoms with Crippen LogP contribution in [0.15, 0.2) is 18.2 Å². The Morgan fingerprint density at radius 3 is 2.60 bits per heavy atom. The molecule has 0 aromatic heterocycles. The number of anilines is 1. The maximum Gasteiger partial charge on any atom is 0.0642 e. The first-order valence-electron chi connectivity index (χ1n) is 7.83. The maximum atomic E-state index is 6.45. The van der Waals surface area contributed by atoms with Crippen LogP contribution in [0.3, 0.4) is 0 Å². The lowest BCUT2D eigenvalue weighted by molar-refractivity contribution is 0.552. The molecule has 1 rings (SSSR count). The number of hydrogen-bond donors (Lipinski definition) is 1. The average Bonchev–Trinajstić information content (AvgIpc) is 2.41. The van der Waals surface area contributed by atoms with Gasteiger partial charge >= 0.3 is 0 Å². The second-order valence-electron chi connectivity index (χ2n) is 5.71. The van der Waals surface area contributed by atoms with Gasteiger partial charge in [0.2, 0.25) is 0 Å². The van der Waals surface area contributed by atoms with E-state index in [4.69, 9.17) is 11.6 Å². The summed E-state index contributed by atoms with van der Waals surface area (Å²) in [7, 11) is 0. The van der Waals surface area contributed by atoms with E-state index in [0.717, 1.165) is 31.2 Å². The molecule has 0 bridgehead atoms. The summed E-state index contributed by atoms with van der Waals surface area (Å²) < 4.78 is 0. The molecule has 1 aromatic carbocycles. The number of nitrogens with one attached hydrogen (secondary N) is 1. The molecule has 0 saturated heterocycles. The van der Waals surface area contributed by atoms with Crippen LogP contribution in [0.1, 0.15) is 46.1 Å². The molecule has 0 fully saturated rings. The van der Waals surface area contributed by atoms with Gasteiger partial charge in [-0.1, -0.05) is 50.9 Å². The third kappa shape index (κ3) is 5.34. The summed E-state index contributed by atoms with van der Waals surface area (Å²) in [5.41, 5.74) is 2.51. The number of para-hydroxylation sites is 1. The average molecular weight is 297 g/mol. The fourth-order valence-electron chi connectivity index (χ4n) is 2.33. The van der Waals surface area contributed by atoms with Crippen molar-refractivity contribution in [2.75, 3.05) is 24.5 Å². The molecule has 3 heteroatoms. The zero-order valence-electron chi connectivity index (χ0n) is 13.4. The number of rotatable bonds is 9. The van der Waals surface area contributed by atoms with Gasteiger partial charge in [-0.3, -0.25) is 0 Å². The molecule has 20 heavy (non-hydrogen) atoms. The van der Waals surface area contributed by atoms with E-state index < -0.39 is 0 Å². The Hall–Kier alpha value is -0.730. The zero-order chi connectivity index (χ0) is 15.0. The first kappa shape index (κ1) is 17.3. The lowest BCUT2D eigenvalue weighted by atomic mass is 10.1. The monoisotopic (exact) mass is 296 g/mol. The van der Waals surface area contributed by atoms with Gasteiger partial charge in [0.1, 0.15) is 0 Å². The molecular formula is C17H29ClN2. The molecule has 2 nitrogen and oxygen atoms in total. The Morgan fingerprint density at radius 2 is 2.00 bits per heavy atom. The molecule has 0 atom stereocenters. The van der Waals surface area contributed by atoms with Crippen molar-refractivity contribution in [3.05, 3.63) is 28.8 Å². The van der Waals surface area contributed by atoms with Gasteiger partial charge in [-0.05, 0) is 37.4 Å². The van der Waals surface area contributed by atoms with E-state index in [9.17, 15) is 0 Å².